The molecule has 222 valence electrons. The van der Waals surface area contributed by atoms with Crippen LogP contribution in [0, 0.1) is 6.92 Å². The Morgan fingerprint density at radius 1 is 0.953 bits per heavy atom. The van der Waals surface area contributed by atoms with Gasteiger partial charge in [-0.05, 0) is 55.7 Å². The zero-order valence-electron chi connectivity index (χ0n) is 24.4. The number of thiocarbonyl (C=S) groups is 1. The van der Waals surface area contributed by atoms with Gasteiger partial charge in [0.2, 0.25) is 10.0 Å². The Labute approximate surface area is 263 Å². The van der Waals surface area contributed by atoms with Gasteiger partial charge in [0.15, 0.2) is 0 Å². The molecular formula is C33H34N4O3S3. The highest BCUT2D eigenvalue weighted by molar-refractivity contribution is 8.26. The van der Waals surface area contributed by atoms with Crippen LogP contribution >= 0.6 is 24.0 Å². The van der Waals surface area contributed by atoms with Gasteiger partial charge in [-0.25, -0.2) is 13.1 Å². The molecule has 5 rings (SSSR count). The Morgan fingerprint density at radius 3 is 2.33 bits per heavy atom. The Morgan fingerprint density at radius 2 is 1.65 bits per heavy atom. The van der Waals surface area contributed by atoms with Gasteiger partial charge in [-0.3, -0.25) is 9.69 Å². The second-order valence-corrected chi connectivity index (χ2v) is 14.0. The highest BCUT2D eigenvalue weighted by Crippen LogP contribution is 2.36. The van der Waals surface area contributed by atoms with Crippen LogP contribution < -0.4 is 0 Å². The van der Waals surface area contributed by atoms with Crippen molar-refractivity contribution in [1.82, 2.24) is 19.0 Å². The second kappa shape index (κ2) is 13.4. The molecule has 0 N–H and O–H groups in total. The number of nitrogens with zero attached hydrogens (tertiary/aromatic N) is 4. The van der Waals surface area contributed by atoms with Gasteiger partial charge in [0.05, 0.1) is 22.0 Å². The molecule has 10 heteroatoms. The van der Waals surface area contributed by atoms with Crippen LogP contribution in [-0.2, 0) is 21.4 Å². The lowest BCUT2D eigenvalue weighted by Gasteiger charge is -2.21. The molecule has 0 unspecified atom stereocenters. The summed E-state index contributed by atoms with van der Waals surface area (Å²) in [7, 11) is -3.69. The van der Waals surface area contributed by atoms with Gasteiger partial charge in [0.25, 0.3) is 5.91 Å². The number of hydrogen-bond acceptors (Lipinski definition) is 6. The molecule has 0 atom stereocenters. The molecule has 1 amide bonds. The SMILES string of the molecule is CCCN(CCC)S(=O)(=O)c1cccc(-c2nn(-c3ccccc3)cc2/C=C2\SC(=S)N(Cc3ccc(C)cc3)C2=O)c1. The summed E-state index contributed by atoms with van der Waals surface area (Å²) < 4.78 is 31.0. The molecular weight excluding hydrogens is 597 g/mol. The molecule has 0 radical (unpaired) electrons. The van der Waals surface area contributed by atoms with E-state index in [-0.39, 0.29) is 10.8 Å². The molecule has 43 heavy (non-hydrogen) atoms. The number of sulfonamides is 1. The summed E-state index contributed by atoms with van der Waals surface area (Å²) in [6.45, 7) is 7.28. The number of thioether (sulfide) groups is 1. The van der Waals surface area contributed by atoms with E-state index < -0.39 is 10.0 Å². The first-order valence-corrected chi connectivity index (χ1v) is 16.9. The fourth-order valence-electron chi connectivity index (χ4n) is 4.89. The minimum atomic E-state index is -3.69. The number of para-hydroxylation sites is 1. The fourth-order valence-corrected chi connectivity index (χ4v) is 7.80. The smallest absolute Gasteiger partial charge is 0.266 e. The first-order valence-electron chi connectivity index (χ1n) is 14.3. The molecule has 2 heterocycles. The predicted molar refractivity (Wildman–Crippen MR) is 178 cm³/mol. The second-order valence-electron chi connectivity index (χ2n) is 10.4. The minimum Gasteiger partial charge on any atom is -0.288 e. The highest BCUT2D eigenvalue weighted by Gasteiger charge is 2.32. The molecule has 1 fully saturated rings. The number of hydrogen-bond donors (Lipinski definition) is 0. The molecule has 0 spiro atoms. The lowest BCUT2D eigenvalue weighted by atomic mass is 10.1. The average molecular weight is 631 g/mol. The van der Waals surface area contributed by atoms with Crippen molar-refractivity contribution >= 4 is 50.3 Å². The third kappa shape index (κ3) is 6.83. The first-order chi connectivity index (χ1) is 20.7. The van der Waals surface area contributed by atoms with Crippen LogP contribution in [0.15, 0.2) is 94.9 Å². The molecule has 7 nitrogen and oxygen atoms in total. The molecule has 0 saturated carbocycles. The zero-order chi connectivity index (χ0) is 30.6. The van der Waals surface area contributed by atoms with Gasteiger partial charge in [0.1, 0.15) is 10.0 Å². The Hall–Kier alpha value is -3.57. The number of amides is 1. The summed E-state index contributed by atoms with van der Waals surface area (Å²) in [6, 6.07) is 24.6. The van der Waals surface area contributed by atoms with Crippen LogP contribution in [0.4, 0.5) is 0 Å². The molecule has 0 aliphatic carbocycles. The Bertz CT molecular complexity index is 1760. The average Bonchev–Trinajstić information content (AvgIpc) is 3.55. The molecule has 3 aromatic carbocycles. The Kier molecular flexibility index (Phi) is 9.61. The van der Waals surface area contributed by atoms with E-state index in [0.717, 1.165) is 29.7 Å². The highest BCUT2D eigenvalue weighted by atomic mass is 32.2. The van der Waals surface area contributed by atoms with E-state index >= 15 is 0 Å². The zero-order valence-corrected chi connectivity index (χ0v) is 26.9. The van der Waals surface area contributed by atoms with Gasteiger partial charge >= 0.3 is 0 Å². The van der Waals surface area contributed by atoms with Gasteiger partial charge < -0.3 is 0 Å². The summed E-state index contributed by atoms with van der Waals surface area (Å²) in [5.74, 6) is -0.167. The number of carbonyl (C=O) groups excluding carboxylic acids is 1. The van der Waals surface area contributed by atoms with Crippen molar-refractivity contribution in [2.45, 2.75) is 45.1 Å². The number of rotatable bonds is 11. The van der Waals surface area contributed by atoms with Crippen LogP contribution in [-0.4, -0.2) is 50.7 Å². The van der Waals surface area contributed by atoms with E-state index in [1.165, 1.54) is 16.1 Å². The van der Waals surface area contributed by atoms with Crippen molar-refractivity contribution in [3.63, 3.8) is 0 Å². The van der Waals surface area contributed by atoms with Crippen molar-refractivity contribution in [1.29, 1.82) is 0 Å². The van der Waals surface area contributed by atoms with Crippen molar-refractivity contribution in [3.05, 3.63) is 107 Å². The summed E-state index contributed by atoms with van der Waals surface area (Å²) >= 11 is 6.86. The fraction of sp³-hybridized carbons (Fsp3) is 0.242. The van der Waals surface area contributed by atoms with Gasteiger partial charge in [0, 0.05) is 30.4 Å². The molecule has 1 saturated heterocycles. The van der Waals surface area contributed by atoms with Crippen molar-refractivity contribution < 1.29 is 13.2 Å². The summed E-state index contributed by atoms with van der Waals surface area (Å²) in [5, 5.41) is 4.87. The van der Waals surface area contributed by atoms with E-state index in [1.807, 2.05) is 87.6 Å². The van der Waals surface area contributed by atoms with Gasteiger partial charge in [-0.15, -0.1) is 0 Å². The third-order valence-electron chi connectivity index (χ3n) is 7.08. The number of aromatic nitrogens is 2. The third-order valence-corrected chi connectivity index (χ3v) is 10.3. The molecule has 4 aromatic rings. The summed E-state index contributed by atoms with van der Waals surface area (Å²) in [4.78, 5) is 15.9. The monoisotopic (exact) mass is 630 g/mol. The van der Waals surface area contributed by atoms with Crippen LogP contribution in [0.3, 0.4) is 0 Å². The Balaban J connectivity index is 1.54. The number of aryl methyl sites for hydroxylation is 1. The lowest BCUT2D eigenvalue weighted by Crippen LogP contribution is -2.32. The maximum Gasteiger partial charge on any atom is 0.266 e. The van der Waals surface area contributed by atoms with E-state index in [2.05, 4.69) is 0 Å². The van der Waals surface area contributed by atoms with Crippen LogP contribution in [0.2, 0.25) is 0 Å². The molecule has 0 bridgehead atoms. The van der Waals surface area contributed by atoms with Crippen LogP contribution in [0.25, 0.3) is 23.0 Å². The van der Waals surface area contributed by atoms with E-state index in [9.17, 15) is 13.2 Å². The van der Waals surface area contributed by atoms with Gasteiger partial charge in [-0.1, -0.05) is 98.0 Å². The van der Waals surface area contributed by atoms with Crippen molar-refractivity contribution in [2.75, 3.05) is 13.1 Å². The van der Waals surface area contributed by atoms with Crippen LogP contribution in [0.5, 0.6) is 0 Å². The van der Waals surface area contributed by atoms with Crippen molar-refractivity contribution in [3.8, 4) is 16.9 Å². The summed E-state index contributed by atoms with van der Waals surface area (Å²) in [5.41, 5.74) is 4.90. The molecule has 1 aromatic heterocycles. The molecule has 1 aliphatic heterocycles. The maximum absolute atomic E-state index is 13.6. The number of carbonyl (C=O) groups is 1. The number of benzene rings is 3. The quantitative estimate of drug-likeness (QED) is 0.131. The normalized spacial score (nSPS) is 14.8. The largest absolute Gasteiger partial charge is 0.288 e. The van der Waals surface area contributed by atoms with E-state index in [0.29, 0.717) is 45.7 Å². The van der Waals surface area contributed by atoms with Crippen molar-refractivity contribution in [2.24, 2.45) is 0 Å². The predicted octanol–water partition coefficient (Wildman–Crippen LogP) is 7.06. The topological polar surface area (TPSA) is 75.5 Å². The standard InChI is InChI=1S/C33H34N4O3S3/c1-4-18-35(19-5-2)43(39,40)29-13-9-10-26(20-29)31-27(23-37(34-31)28-11-7-6-8-12-28)21-30-32(38)36(33(41)42-30)22-25-16-14-24(3)15-17-25/h6-17,20-21,23H,4-5,18-19,22H2,1-3H3/b30-21-. The lowest BCUT2D eigenvalue weighted by molar-refractivity contribution is -0.122. The summed E-state index contributed by atoms with van der Waals surface area (Å²) in [6.07, 6.45) is 5.12. The first kappa shape index (κ1) is 30.9. The van der Waals surface area contributed by atoms with E-state index in [4.69, 9.17) is 17.3 Å². The minimum absolute atomic E-state index is 0.167. The maximum atomic E-state index is 13.6. The van der Waals surface area contributed by atoms with E-state index in [1.54, 1.807) is 33.9 Å². The van der Waals surface area contributed by atoms with Crippen LogP contribution in [0.1, 0.15) is 43.4 Å². The van der Waals surface area contributed by atoms with Gasteiger partial charge in [-0.2, -0.15) is 9.40 Å². The molecule has 1 aliphatic rings.